The highest BCUT2D eigenvalue weighted by Gasteiger charge is 2.10. The maximum absolute atomic E-state index is 12.9. The highest BCUT2D eigenvalue weighted by atomic mass is 35.5. The van der Waals surface area contributed by atoms with Gasteiger partial charge in [-0.3, -0.25) is 4.79 Å². The van der Waals surface area contributed by atoms with Gasteiger partial charge in [-0.25, -0.2) is 9.97 Å². The Morgan fingerprint density at radius 1 is 1.12 bits per heavy atom. The minimum absolute atomic E-state index is 0.0847. The summed E-state index contributed by atoms with van der Waals surface area (Å²) in [6.07, 6.45) is 5.38. The quantitative estimate of drug-likeness (QED) is 0.517. The molecule has 0 aliphatic heterocycles. The monoisotopic (exact) mass is 356 g/mol. The van der Waals surface area contributed by atoms with E-state index in [0.29, 0.717) is 29.1 Å². The fourth-order valence-electron chi connectivity index (χ4n) is 2.68. The van der Waals surface area contributed by atoms with Crippen LogP contribution in [0.25, 0.3) is 10.9 Å². The standard InChI is InChI=1S/C19H21ClN4O/c1-2-3-9-21-18-17-16(22-13-23-18)8-10-24(19(17)25)12-15-6-4-14(11-20)5-7-15/h4-8,10,13H,2-3,9,11-12H2,1H3,(H,21,22,23). The predicted molar refractivity (Wildman–Crippen MR) is 102 cm³/mol. The van der Waals surface area contributed by atoms with Gasteiger partial charge in [-0.2, -0.15) is 0 Å². The van der Waals surface area contributed by atoms with Gasteiger partial charge >= 0.3 is 0 Å². The number of halogens is 1. The van der Waals surface area contributed by atoms with Crippen molar-refractivity contribution in [2.75, 3.05) is 11.9 Å². The first-order valence-electron chi connectivity index (χ1n) is 8.44. The Morgan fingerprint density at radius 3 is 2.60 bits per heavy atom. The third-order valence-corrected chi connectivity index (χ3v) is 4.43. The Labute approximate surface area is 151 Å². The van der Waals surface area contributed by atoms with E-state index in [1.54, 1.807) is 10.8 Å². The molecule has 3 aromatic rings. The van der Waals surface area contributed by atoms with Crippen LogP contribution < -0.4 is 10.9 Å². The molecule has 0 amide bonds. The Morgan fingerprint density at radius 2 is 1.88 bits per heavy atom. The smallest absolute Gasteiger partial charge is 0.264 e. The summed E-state index contributed by atoms with van der Waals surface area (Å²) in [5.74, 6) is 1.09. The van der Waals surface area contributed by atoms with Gasteiger partial charge < -0.3 is 9.88 Å². The number of rotatable bonds is 7. The third kappa shape index (κ3) is 3.99. The van der Waals surface area contributed by atoms with Crippen LogP contribution in [0.5, 0.6) is 0 Å². The summed E-state index contributed by atoms with van der Waals surface area (Å²) < 4.78 is 1.69. The molecule has 2 aromatic heterocycles. The van der Waals surface area contributed by atoms with Crippen molar-refractivity contribution >= 4 is 28.3 Å². The van der Waals surface area contributed by atoms with Crippen molar-refractivity contribution in [2.24, 2.45) is 0 Å². The zero-order valence-electron chi connectivity index (χ0n) is 14.2. The second kappa shape index (κ2) is 8.12. The SMILES string of the molecule is CCCCNc1ncnc2ccn(Cc3ccc(CCl)cc3)c(=O)c12. The number of aromatic nitrogens is 3. The molecule has 25 heavy (non-hydrogen) atoms. The lowest BCUT2D eigenvalue weighted by atomic mass is 10.1. The summed E-state index contributed by atoms with van der Waals surface area (Å²) in [5, 5.41) is 3.80. The average Bonchev–Trinajstić information content (AvgIpc) is 2.65. The number of fused-ring (bicyclic) bond motifs is 1. The zero-order valence-corrected chi connectivity index (χ0v) is 15.0. The van der Waals surface area contributed by atoms with E-state index in [-0.39, 0.29) is 5.56 Å². The predicted octanol–water partition coefficient (Wildman–Crippen LogP) is 3.79. The lowest BCUT2D eigenvalue weighted by Gasteiger charge is -2.11. The summed E-state index contributed by atoms with van der Waals surface area (Å²) in [7, 11) is 0. The van der Waals surface area contributed by atoms with Crippen LogP contribution in [-0.4, -0.2) is 21.1 Å². The lowest BCUT2D eigenvalue weighted by molar-refractivity contribution is 0.766. The van der Waals surface area contributed by atoms with E-state index in [1.165, 1.54) is 6.33 Å². The van der Waals surface area contributed by atoms with Crippen molar-refractivity contribution in [1.82, 2.24) is 14.5 Å². The van der Waals surface area contributed by atoms with Crippen LogP contribution in [0, 0.1) is 0 Å². The minimum Gasteiger partial charge on any atom is -0.369 e. The Bertz CT molecular complexity index is 905. The first-order chi connectivity index (χ1) is 12.2. The normalized spacial score (nSPS) is 11.0. The van der Waals surface area contributed by atoms with Crippen LogP contribution in [0.15, 0.2) is 47.7 Å². The molecule has 3 rings (SSSR count). The average molecular weight is 357 g/mol. The number of unbranched alkanes of at least 4 members (excludes halogenated alkanes) is 1. The molecular weight excluding hydrogens is 336 g/mol. The van der Waals surface area contributed by atoms with E-state index >= 15 is 0 Å². The molecule has 1 aromatic carbocycles. The number of benzene rings is 1. The number of anilines is 1. The largest absolute Gasteiger partial charge is 0.369 e. The Kier molecular flexibility index (Phi) is 5.66. The zero-order chi connectivity index (χ0) is 17.6. The second-order valence-electron chi connectivity index (χ2n) is 5.96. The molecule has 130 valence electrons. The highest BCUT2D eigenvalue weighted by molar-refractivity contribution is 6.17. The van der Waals surface area contributed by atoms with Crippen molar-refractivity contribution in [2.45, 2.75) is 32.2 Å². The number of hydrogen-bond donors (Lipinski definition) is 1. The maximum atomic E-state index is 12.9. The summed E-state index contributed by atoms with van der Waals surface area (Å²) in [4.78, 5) is 21.4. The molecule has 1 N–H and O–H groups in total. The highest BCUT2D eigenvalue weighted by Crippen LogP contribution is 2.15. The minimum atomic E-state index is -0.0847. The van der Waals surface area contributed by atoms with Crippen molar-refractivity contribution in [3.63, 3.8) is 0 Å². The van der Waals surface area contributed by atoms with Crippen LogP contribution in [0.4, 0.5) is 5.82 Å². The Balaban J connectivity index is 1.94. The molecule has 0 saturated carbocycles. The van der Waals surface area contributed by atoms with E-state index in [9.17, 15) is 4.79 Å². The van der Waals surface area contributed by atoms with Crippen LogP contribution in [0.1, 0.15) is 30.9 Å². The first kappa shape index (κ1) is 17.4. The molecule has 2 heterocycles. The van der Waals surface area contributed by atoms with Gasteiger partial charge in [0.15, 0.2) is 0 Å². The van der Waals surface area contributed by atoms with E-state index in [0.717, 1.165) is 30.5 Å². The number of alkyl halides is 1. The van der Waals surface area contributed by atoms with Gasteiger partial charge in [0, 0.05) is 18.6 Å². The van der Waals surface area contributed by atoms with Gasteiger partial charge in [0.1, 0.15) is 17.5 Å². The van der Waals surface area contributed by atoms with E-state index in [1.807, 2.05) is 30.3 Å². The van der Waals surface area contributed by atoms with E-state index in [4.69, 9.17) is 11.6 Å². The van der Waals surface area contributed by atoms with Gasteiger partial charge in [-0.1, -0.05) is 37.6 Å². The molecule has 0 aliphatic carbocycles. The van der Waals surface area contributed by atoms with Crippen molar-refractivity contribution in [3.8, 4) is 0 Å². The van der Waals surface area contributed by atoms with Gasteiger partial charge in [-0.05, 0) is 23.6 Å². The molecule has 6 heteroatoms. The third-order valence-electron chi connectivity index (χ3n) is 4.12. The molecule has 0 radical (unpaired) electrons. The van der Waals surface area contributed by atoms with E-state index in [2.05, 4.69) is 22.2 Å². The molecule has 0 atom stereocenters. The molecule has 0 saturated heterocycles. The molecule has 0 spiro atoms. The fraction of sp³-hybridized carbons (Fsp3) is 0.316. The van der Waals surface area contributed by atoms with Crippen LogP contribution in [0.3, 0.4) is 0 Å². The lowest BCUT2D eigenvalue weighted by Crippen LogP contribution is -2.22. The van der Waals surface area contributed by atoms with Crippen LogP contribution >= 0.6 is 11.6 Å². The second-order valence-corrected chi connectivity index (χ2v) is 6.23. The molecule has 0 bridgehead atoms. The molecule has 0 fully saturated rings. The number of pyridine rings is 1. The van der Waals surface area contributed by atoms with Crippen molar-refractivity contribution in [1.29, 1.82) is 0 Å². The van der Waals surface area contributed by atoms with Crippen LogP contribution in [0.2, 0.25) is 0 Å². The molecule has 5 nitrogen and oxygen atoms in total. The van der Waals surface area contributed by atoms with Crippen molar-refractivity contribution in [3.05, 3.63) is 64.3 Å². The summed E-state index contributed by atoms with van der Waals surface area (Å²) in [5.41, 5.74) is 2.69. The van der Waals surface area contributed by atoms with Gasteiger partial charge in [0.2, 0.25) is 0 Å². The van der Waals surface area contributed by atoms with Gasteiger partial charge in [0.25, 0.3) is 5.56 Å². The van der Waals surface area contributed by atoms with Gasteiger partial charge in [0.05, 0.1) is 12.1 Å². The fourth-order valence-corrected chi connectivity index (χ4v) is 2.86. The summed E-state index contributed by atoms with van der Waals surface area (Å²) in [6, 6.07) is 9.81. The number of nitrogens with zero attached hydrogens (tertiary/aromatic N) is 3. The van der Waals surface area contributed by atoms with Gasteiger partial charge in [-0.15, -0.1) is 11.6 Å². The topological polar surface area (TPSA) is 59.8 Å². The molecule has 0 unspecified atom stereocenters. The number of nitrogens with one attached hydrogen (secondary N) is 1. The summed E-state index contributed by atoms with van der Waals surface area (Å²) in [6.45, 7) is 3.42. The summed E-state index contributed by atoms with van der Waals surface area (Å²) >= 11 is 5.82. The maximum Gasteiger partial charge on any atom is 0.264 e. The number of hydrogen-bond acceptors (Lipinski definition) is 4. The first-order valence-corrected chi connectivity index (χ1v) is 8.98. The van der Waals surface area contributed by atoms with Crippen LogP contribution in [-0.2, 0) is 12.4 Å². The van der Waals surface area contributed by atoms with E-state index < -0.39 is 0 Å². The molecule has 0 aliphatic rings. The van der Waals surface area contributed by atoms with Crippen molar-refractivity contribution < 1.29 is 0 Å². The Hall–Kier alpha value is -2.40. The molecular formula is C19H21ClN4O.